The van der Waals surface area contributed by atoms with Crippen LogP contribution in [0.25, 0.3) is 0 Å². The lowest BCUT2D eigenvalue weighted by Gasteiger charge is -2.51. The van der Waals surface area contributed by atoms with Gasteiger partial charge >= 0.3 is 0 Å². The number of rotatable bonds is 8. The maximum absolute atomic E-state index is 13.4. The first-order valence-electron chi connectivity index (χ1n) is 10.4. The quantitative estimate of drug-likeness (QED) is 0.744. The summed E-state index contributed by atoms with van der Waals surface area (Å²) in [6.07, 6.45) is 4.89. The van der Waals surface area contributed by atoms with Crippen molar-refractivity contribution in [2.45, 2.75) is 58.0 Å². The third-order valence-corrected chi connectivity index (χ3v) is 6.17. The van der Waals surface area contributed by atoms with E-state index in [1.807, 2.05) is 36.1 Å². The van der Waals surface area contributed by atoms with Gasteiger partial charge in [-0.2, -0.15) is 0 Å². The molecule has 1 heterocycles. The van der Waals surface area contributed by atoms with Crippen LogP contribution in [-0.2, 0) is 20.9 Å². The van der Waals surface area contributed by atoms with Crippen LogP contribution < -0.4 is 10.1 Å². The summed E-state index contributed by atoms with van der Waals surface area (Å²) >= 11 is 0. The van der Waals surface area contributed by atoms with E-state index in [9.17, 15) is 9.59 Å². The molecule has 0 unspecified atom stereocenters. The fourth-order valence-corrected chi connectivity index (χ4v) is 4.76. The minimum absolute atomic E-state index is 0.0280. The number of benzene rings is 1. The van der Waals surface area contributed by atoms with E-state index in [1.54, 1.807) is 7.11 Å². The average molecular weight is 389 g/mol. The number of nitrogens with zero attached hydrogens (tertiary/aromatic N) is 1. The molecule has 1 saturated carbocycles. The summed E-state index contributed by atoms with van der Waals surface area (Å²) in [6.45, 7) is 4.04. The summed E-state index contributed by atoms with van der Waals surface area (Å²) in [5.41, 5.74) is 0.491. The number of para-hydroxylation sites is 1. The van der Waals surface area contributed by atoms with Crippen LogP contribution in [0.1, 0.15) is 51.0 Å². The van der Waals surface area contributed by atoms with E-state index in [4.69, 9.17) is 9.47 Å². The van der Waals surface area contributed by atoms with Crippen LogP contribution in [0.5, 0.6) is 5.75 Å². The molecule has 0 spiro atoms. The number of piperidine rings is 1. The molecule has 0 aromatic heterocycles. The summed E-state index contributed by atoms with van der Waals surface area (Å²) in [7, 11) is 1.64. The third kappa shape index (κ3) is 4.17. The molecule has 0 bridgehead atoms. The Morgan fingerprint density at radius 1 is 1.29 bits per heavy atom. The lowest BCUT2D eigenvalue weighted by molar-refractivity contribution is -0.156. The van der Waals surface area contributed by atoms with Crippen molar-refractivity contribution < 1.29 is 19.1 Å². The minimum atomic E-state index is -0.486. The van der Waals surface area contributed by atoms with Crippen LogP contribution in [-0.4, -0.2) is 49.6 Å². The van der Waals surface area contributed by atoms with Gasteiger partial charge in [-0.1, -0.05) is 31.0 Å². The standard InChI is InChI=1S/C22H32N2O4/c1-3-28-18-9-5-4-8-17(18)16-23-21(26)22-12-7-6-10-19(22)24(14-15-27-2)20(25)11-13-22/h4-5,8-9,19H,3,6-7,10-16H2,1-2H3,(H,23,26)/t19-,22-/m1/s1. The highest BCUT2D eigenvalue weighted by atomic mass is 16.5. The normalized spacial score (nSPS) is 24.6. The van der Waals surface area contributed by atoms with Gasteiger partial charge in [0.25, 0.3) is 0 Å². The number of methoxy groups -OCH3 is 1. The number of nitrogens with one attached hydrogen (secondary N) is 1. The van der Waals surface area contributed by atoms with Crippen LogP contribution in [0.3, 0.4) is 0 Å². The van der Waals surface area contributed by atoms with Crippen molar-refractivity contribution in [3.8, 4) is 5.75 Å². The zero-order valence-electron chi connectivity index (χ0n) is 17.0. The first-order valence-corrected chi connectivity index (χ1v) is 10.4. The van der Waals surface area contributed by atoms with Crippen molar-refractivity contribution in [1.29, 1.82) is 0 Å². The van der Waals surface area contributed by atoms with Gasteiger partial charge in [0.05, 0.1) is 18.6 Å². The highest BCUT2D eigenvalue weighted by Gasteiger charge is 2.52. The summed E-state index contributed by atoms with van der Waals surface area (Å²) in [4.78, 5) is 27.8. The molecular weight excluding hydrogens is 356 g/mol. The second kappa shape index (κ2) is 9.41. The molecule has 28 heavy (non-hydrogen) atoms. The Labute approximate surface area is 167 Å². The molecule has 1 saturated heterocycles. The molecule has 6 heteroatoms. The molecule has 1 aromatic rings. The van der Waals surface area contributed by atoms with Crippen LogP contribution in [0, 0.1) is 5.41 Å². The van der Waals surface area contributed by atoms with Crippen molar-refractivity contribution >= 4 is 11.8 Å². The fraction of sp³-hybridized carbons (Fsp3) is 0.636. The van der Waals surface area contributed by atoms with Gasteiger partial charge in [0, 0.05) is 38.2 Å². The molecule has 6 nitrogen and oxygen atoms in total. The van der Waals surface area contributed by atoms with Gasteiger partial charge in [-0.3, -0.25) is 9.59 Å². The first kappa shape index (κ1) is 20.6. The zero-order chi connectivity index (χ0) is 20.0. The average Bonchev–Trinajstić information content (AvgIpc) is 2.72. The zero-order valence-corrected chi connectivity index (χ0v) is 17.0. The molecule has 154 valence electrons. The van der Waals surface area contributed by atoms with E-state index < -0.39 is 5.41 Å². The van der Waals surface area contributed by atoms with Gasteiger partial charge < -0.3 is 19.7 Å². The summed E-state index contributed by atoms with van der Waals surface area (Å²) < 4.78 is 10.9. The molecule has 1 aromatic carbocycles. The van der Waals surface area contributed by atoms with E-state index in [1.165, 1.54) is 0 Å². The van der Waals surface area contributed by atoms with E-state index in [0.717, 1.165) is 37.0 Å². The van der Waals surface area contributed by atoms with E-state index in [2.05, 4.69) is 5.32 Å². The largest absolute Gasteiger partial charge is 0.494 e. The van der Waals surface area contributed by atoms with E-state index in [-0.39, 0.29) is 17.9 Å². The van der Waals surface area contributed by atoms with Crippen LogP contribution >= 0.6 is 0 Å². The van der Waals surface area contributed by atoms with Crippen molar-refractivity contribution in [1.82, 2.24) is 10.2 Å². The SMILES string of the molecule is CCOc1ccccc1CNC(=O)[C@@]12CCCC[C@H]1N(CCOC)C(=O)CC2. The molecule has 2 aliphatic rings. The second-order valence-electron chi connectivity index (χ2n) is 7.72. The molecule has 1 aliphatic carbocycles. The van der Waals surface area contributed by atoms with Crippen LogP contribution in [0.4, 0.5) is 0 Å². The van der Waals surface area contributed by atoms with Crippen LogP contribution in [0.15, 0.2) is 24.3 Å². The molecule has 1 N–H and O–H groups in total. The maximum atomic E-state index is 13.4. The number of likely N-dealkylation sites (tertiary alicyclic amines) is 1. The Bertz CT molecular complexity index is 693. The number of carbonyl (C=O) groups excluding carboxylic acids is 2. The van der Waals surface area contributed by atoms with Crippen molar-refractivity contribution in [3.05, 3.63) is 29.8 Å². The maximum Gasteiger partial charge on any atom is 0.228 e. The van der Waals surface area contributed by atoms with Crippen molar-refractivity contribution in [3.63, 3.8) is 0 Å². The Kier molecular flexibility index (Phi) is 6.94. The molecule has 0 radical (unpaired) electrons. The number of amides is 2. The number of fused-ring (bicyclic) bond motifs is 1. The van der Waals surface area contributed by atoms with Gasteiger partial charge in [0.1, 0.15) is 5.75 Å². The topological polar surface area (TPSA) is 67.9 Å². The van der Waals surface area contributed by atoms with Crippen LogP contribution in [0.2, 0.25) is 0 Å². The van der Waals surface area contributed by atoms with Gasteiger partial charge in [0.2, 0.25) is 11.8 Å². The minimum Gasteiger partial charge on any atom is -0.494 e. The molecule has 2 fully saturated rings. The Morgan fingerprint density at radius 3 is 2.89 bits per heavy atom. The van der Waals surface area contributed by atoms with Crippen molar-refractivity contribution in [2.75, 3.05) is 26.9 Å². The lowest BCUT2D eigenvalue weighted by Crippen LogP contribution is -2.62. The van der Waals surface area contributed by atoms with Gasteiger partial charge in [-0.25, -0.2) is 0 Å². The van der Waals surface area contributed by atoms with Gasteiger partial charge in [-0.15, -0.1) is 0 Å². The summed E-state index contributed by atoms with van der Waals surface area (Å²) in [5, 5.41) is 3.16. The predicted octanol–water partition coefficient (Wildman–Crippen LogP) is 2.90. The smallest absolute Gasteiger partial charge is 0.228 e. The van der Waals surface area contributed by atoms with Crippen molar-refractivity contribution in [2.24, 2.45) is 5.41 Å². The third-order valence-electron chi connectivity index (χ3n) is 6.17. The number of carbonyl (C=O) groups is 2. The summed E-state index contributed by atoms with van der Waals surface area (Å²) in [6, 6.07) is 7.78. The highest BCUT2D eigenvalue weighted by molar-refractivity contribution is 5.88. The summed E-state index contributed by atoms with van der Waals surface area (Å²) in [5.74, 6) is 1.02. The number of hydrogen-bond acceptors (Lipinski definition) is 4. The fourth-order valence-electron chi connectivity index (χ4n) is 4.76. The second-order valence-corrected chi connectivity index (χ2v) is 7.72. The Balaban J connectivity index is 1.75. The predicted molar refractivity (Wildman–Crippen MR) is 107 cm³/mol. The first-order chi connectivity index (χ1) is 13.6. The monoisotopic (exact) mass is 388 g/mol. The lowest BCUT2D eigenvalue weighted by atomic mass is 9.64. The molecular formula is C22H32N2O4. The number of hydrogen-bond donors (Lipinski definition) is 1. The van der Waals surface area contributed by atoms with E-state index in [0.29, 0.717) is 39.1 Å². The van der Waals surface area contributed by atoms with E-state index >= 15 is 0 Å². The molecule has 2 atom stereocenters. The Morgan fingerprint density at radius 2 is 2.11 bits per heavy atom. The Hall–Kier alpha value is -2.08. The van der Waals surface area contributed by atoms with Gasteiger partial charge in [0.15, 0.2) is 0 Å². The molecule has 2 amide bonds. The van der Waals surface area contributed by atoms with Gasteiger partial charge in [-0.05, 0) is 32.3 Å². The number of ether oxygens (including phenoxy) is 2. The molecule has 1 aliphatic heterocycles. The molecule has 3 rings (SSSR count). The highest BCUT2D eigenvalue weighted by Crippen LogP contribution is 2.46.